The number of sulfonamides is 1. The number of carbonyl (C=O) groups is 2. The fraction of sp³-hybridized carbons (Fsp3) is 0.412. The third-order valence-corrected chi connectivity index (χ3v) is 10.2. The van der Waals surface area contributed by atoms with Gasteiger partial charge in [0.05, 0.1) is 39.0 Å². The summed E-state index contributed by atoms with van der Waals surface area (Å²) in [5.74, 6) is 0.459. The van der Waals surface area contributed by atoms with Gasteiger partial charge in [0.15, 0.2) is 11.5 Å². The Morgan fingerprint density at radius 3 is 2.11 bits per heavy atom. The monoisotopic (exact) mass is 687 g/mol. The largest absolute Gasteiger partial charge is 0.497 e. The molecular weight excluding hydrogens is 646 g/mol. The minimum absolute atomic E-state index is 0.0344. The van der Waals surface area contributed by atoms with Crippen LogP contribution in [0.2, 0.25) is 5.02 Å². The van der Waals surface area contributed by atoms with Gasteiger partial charge in [0.1, 0.15) is 24.1 Å². The maximum Gasteiger partial charge on any atom is 0.265 e. The lowest BCUT2D eigenvalue weighted by Gasteiger charge is -2.34. The number of rotatable bonds is 15. The summed E-state index contributed by atoms with van der Waals surface area (Å²) in [6.45, 7) is 1.22. The molecule has 13 heteroatoms. The molecule has 1 atom stereocenters. The van der Waals surface area contributed by atoms with Crippen molar-refractivity contribution in [1.29, 1.82) is 0 Å². The van der Waals surface area contributed by atoms with E-state index in [0.717, 1.165) is 35.6 Å². The molecule has 1 aliphatic rings. The van der Waals surface area contributed by atoms with Gasteiger partial charge in [-0.1, -0.05) is 43.5 Å². The number of anilines is 1. The van der Waals surface area contributed by atoms with Gasteiger partial charge < -0.3 is 29.2 Å². The lowest BCUT2D eigenvalue weighted by molar-refractivity contribution is -0.140. The van der Waals surface area contributed by atoms with E-state index in [4.69, 9.17) is 30.5 Å². The zero-order valence-corrected chi connectivity index (χ0v) is 28.9. The van der Waals surface area contributed by atoms with E-state index in [1.54, 1.807) is 37.4 Å². The second kappa shape index (κ2) is 16.1. The maximum absolute atomic E-state index is 14.5. The minimum Gasteiger partial charge on any atom is -0.497 e. The molecule has 1 aliphatic carbocycles. The standard InChI is InChI=1S/C34H42ClN3O8S/c1-6-28(34(40)36-25-9-7-8-10-25)37(21-23-11-14-26(43-2)15-12-23)33(39)22-38(29-19-24(35)13-17-30(29)44-3)47(41,42)27-16-18-31(45-4)32(20-27)46-5/h11-20,25,28H,6-10,21-22H2,1-5H3,(H,36,40). The first-order chi connectivity index (χ1) is 22.6. The Bertz CT molecular complexity index is 1650. The van der Waals surface area contributed by atoms with Crippen molar-refractivity contribution in [2.75, 3.05) is 39.3 Å². The predicted octanol–water partition coefficient (Wildman–Crippen LogP) is 5.44. The number of hydrogen-bond acceptors (Lipinski definition) is 8. The first kappa shape index (κ1) is 35.7. The molecule has 1 saturated carbocycles. The first-order valence-electron chi connectivity index (χ1n) is 15.4. The van der Waals surface area contributed by atoms with Gasteiger partial charge in [-0.3, -0.25) is 13.9 Å². The molecule has 0 heterocycles. The van der Waals surface area contributed by atoms with E-state index >= 15 is 0 Å². The summed E-state index contributed by atoms with van der Waals surface area (Å²) in [6.07, 6.45) is 4.12. The number of nitrogens with zero attached hydrogens (tertiary/aromatic N) is 2. The highest BCUT2D eigenvalue weighted by Crippen LogP contribution is 2.37. The molecule has 2 amide bonds. The summed E-state index contributed by atoms with van der Waals surface area (Å²) in [4.78, 5) is 29.5. The van der Waals surface area contributed by atoms with Crippen molar-refractivity contribution < 1.29 is 37.0 Å². The van der Waals surface area contributed by atoms with E-state index in [2.05, 4.69) is 5.32 Å². The number of halogens is 1. The second-order valence-corrected chi connectivity index (χ2v) is 13.4. The van der Waals surface area contributed by atoms with Gasteiger partial charge in [0, 0.05) is 23.7 Å². The lowest BCUT2D eigenvalue weighted by atomic mass is 10.1. The number of hydrogen-bond donors (Lipinski definition) is 1. The van der Waals surface area contributed by atoms with E-state index in [1.807, 2.05) is 6.92 Å². The van der Waals surface area contributed by atoms with Crippen LogP contribution >= 0.6 is 11.6 Å². The molecule has 0 radical (unpaired) electrons. The molecule has 1 N–H and O–H groups in total. The van der Waals surface area contributed by atoms with E-state index in [-0.39, 0.29) is 45.6 Å². The summed E-state index contributed by atoms with van der Waals surface area (Å²) in [7, 11) is 1.34. The van der Waals surface area contributed by atoms with Gasteiger partial charge in [0.2, 0.25) is 11.8 Å². The SMILES string of the molecule is CCC(C(=O)NC1CCCC1)N(Cc1ccc(OC)cc1)C(=O)CN(c1cc(Cl)ccc1OC)S(=O)(=O)c1ccc(OC)c(OC)c1. The Morgan fingerprint density at radius 1 is 0.872 bits per heavy atom. The number of carbonyl (C=O) groups excluding carboxylic acids is 2. The number of amides is 2. The summed E-state index contributed by atoms with van der Waals surface area (Å²) in [6, 6.07) is 15.0. The molecule has 47 heavy (non-hydrogen) atoms. The summed E-state index contributed by atoms with van der Waals surface area (Å²) < 4.78 is 51.3. The molecular formula is C34H42ClN3O8S. The highest BCUT2D eigenvalue weighted by molar-refractivity contribution is 7.92. The van der Waals surface area contributed by atoms with Crippen LogP contribution in [0.5, 0.6) is 23.0 Å². The Labute approximate surface area is 281 Å². The molecule has 0 aromatic heterocycles. The highest BCUT2D eigenvalue weighted by atomic mass is 35.5. The van der Waals surface area contributed by atoms with Crippen LogP contribution in [-0.4, -0.2) is 72.2 Å². The van der Waals surface area contributed by atoms with Crippen LogP contribution in [-0.2, 0) is 26.2 Å². The van der Waals surface area contributed by atoms with Crippen molar-refractivity contribution in [3.05, 3.63) is 71.2 Å². The smallest absolute Gasteiger partial charge is 0.265 e. The van der Waals surface area contributed by atoms with Crippen molar-refractivity contribution in [3.8, 4) is 23.0 Å². The zero-order chi connectivity index (χ0) is 34.1. The fourth-order valence-electron chi connectivity index (χ4n) is 5.69. The molecule has 3 aromatic rings. The normalized spacial score (nSPS) is 13.8. The van der Waals surface area contributed by atoms with Crippen LogP contribution < -0.4 is 28.6 Å². The van der Waals surface area contributed by atoms with E-state index in [9.17, 15) is 18.0 Å². The van der Waals surface area contributed by atoms with Gasteiger partial charge in [-0.15, -0.1) is 0 Å². The van der Waals surface area contributed by atoms with Crippen molar-refractivity contribution in [1.82, 2.24) is 10.2 Å². The molecule has 0 aliphatic heterocycles. The Morgan fingerprint density at radius 2 is 1.51 bits per heavy atom. The van der Waals surface area contributed by atoms with Gasteiger partial charge >= 0.3 is 0 Å². The molecule has 0 saturated heterocycles. The maximum atomic E-state index is 14.5. The van der Waals surface area contributed by atoms with Crippen LogP contribution in [0.3, 0.4) is 0 Å². The Kier molecular flexibility index (Phi) is 12.2. The average molecular weight is 688 g/mol. The average Bonchev–Trinajstić information content (AvgIpc) is 3.59. The second-order valence-electron chi connectivity index (χ2n) is 11.1. The van der Waals surface area contributed by atoms with Crippen LogP contribution in [0.25, 0.3) is 0 Å². The molecule has 254 valence electrons. The molecule has 1 fully saturated rings. The number of nitrogens with one attached hydrogen (secondary N) is 1. The van der Waals surface area contributed by atoms with Gasteiger partial charge in [0.25, 0.3) is 10.0 Å². The topological polar surface area (TPSA) is 124 Å². The van der Waals surface area contributed by atoms with Crippen molar-refractivity contribution in [2.24, 2.45) is 0 Å². The quantitative estimate of drug-likeness (QED) is 0.224. The number of ether oxygens (including phenoxy) is 4. The van der Waals surface area contributed by atoms with Crippen LogP contribution in [0.1, 0.15) is 44.6 Å². The van der Waals surface area contributed by atoms with Crippen LogP contribution in [0.15, 0.2) is 65.6 Å². The molecule has 4 rings (SSSR count). The lowest BCUT2D eigenvalue weighted by Crippen LogP contribution is -2.53. The highest BCUT2D eigenvalue weighted by Gasteiger charge is 2.36. The van der Waals surface area contributed by atoms with Crippen molar-refractivity contribution >= 4 is 39.1 Å². The molecule has 0 bridgehead atoms. The first-order valence-corrected chi connectivity index (χ1v) is 17.2. The summed E-state index contributed by atoms with van der Waals surface area (Å²) in [5.41, 5.74) is 0.789. The molecule has 1 unspecified atom stereocenters. The molecule has 11 nitrogen and oxygen atoms in total. The van der Waals surface area contributed by atoms with Gasteiger partial charge in [-0.05, 0) is 67.3 Å². The van der Waals surface area contributed by atoms with Gasteiger partial charge in [-0.2, -0.15) is 0 Å². The number of benzene rings is 3. The Balaban J connectivity index is 1.80. The predicted molar refractivity (Wildman–Crippen MR) is 180 cm³/mol. The van der Waals surface area contributed by atoms with Crippen LogP contribution in [0.4, 0.5) is 5.69 Å². The van der Waals surface area contributed by atoms with Gasteiger partial charge in [-0.25, -0.2) is 8.42 Å². The Hall–Kier alpha value is -4.16. The summed E-state index contributed by atoms with van der Waals surface area (Å²) in [5, 5.41) is 3.35. The van der Waals surface area contributed by atoms with Crippen LogP contribution in [0, 0.1) is 0 Å². The van der Waals surface area contributed by atoms with Crippen molar-refractivity contribution in [2.45, 2.75) is 62.6 Å². The fourth-order valence-corrected chi connectivity index (χ4v) is 7.29. The number of methoxy groups -OCH3 is 4. The third kappa shape index (κ3) is 8.41. The zero-order valence-electron chi connectivity index (χ0n) is 27.3. The summed E-state index contributed by atoms with van der Waals surface area (Å²) >= 11 is 6.36. The minimum atomic E-state index is -4.45. The van der Waals surface area contributed by atoms with E-state index < -0.39 is 28.5 Å². The molecule has 3 aromatic carbocycles. The van der Waals surface area contributed by atoms with E-state index in [0.29, 0.717) is 17.9 Å². The van der Waals surface area contributed by atoms with Crippen molar-refractivity contribution in [3.63, 3.8) is 0 Å². The molecule has 0 spiro atoms. The third-order valence-electron chi connectivity index (χ3n) is 8.23. The van der Waals surface area contributed by atoms with E-state index in [1.165, 1.54) is 56.6 Å².